The second-order valence-corrected chi connectivity index (χ2v) is 10.5. The second kappa shape index (κ2) is 6.52. The van der Waals surface area contributed by atoms with Gasteiger partial charge in [0.05, 0.1) is 26.7 Å². The van der Waals surface area contributed by atoms with Crippen LogP contribution in [0.1, 0.15) is 33.8 Å². The second-order valence-electron chi connectivity index (χ2n) is 6.94. The van der Waals surface area contributed by atoms with Gasteiger partial charge in [-0.2, -0.15) is 0 Å². The van der Waals surface area contributed by atoms with Gasteiger partial charge in [0.25, 0.3) is 0 Å². The first-order chi connectivity index (χ1) is 12.9. The lowest BCUT2D eigenvalue weighted by Crippen LogP contribution is -2.28. The van der Waals surface area contributed by atoms with Gasteiger partial charge in [-0.3, -0.25) is 4.79 Å². The summed E-state index contributed by atoms with van der Waals surface area (Å²) in [7, 11) is 4.79. The topological polar surface area (TPSA) is 44.8 Å². The van der Waals surface area contributed by atoms with Crippen molar-refractivity contribution in [3.63, 3.8) is 0 Å². The first kappa shape index (κ1) is 18.8. The molecule has 2 aliphatic carbocycles. The Kier molecular flexibility index (Phi) is 4.54. The first-order valence-electron chi connectivity index (χ1n) is 8.73. The highest BCUT2D eigenvalue weighted by molar-refractivity contribution is 9.25. The molecule has 0 aliphatic heterocycles. The van der Waals surface area contributed by atoms with Crippen LogP contribution in [0.25, 0.3) is 0 Å². The van der Waals surface area contributed by atoms with Crippen molar-refractivity contribution in [2.75, 3.05) is 21.3 Å². The lowest BCUT2D eigenvalue weighted by atomic mass is 9.78. The highest BCUT2D eigenvalue weighted by Gasteiger charge is 2.79. The van der Waals surface area contributed by atoms with E-state index in [2.05, 4.69) is 31.9 Å². The highest BCUT2D eigenvalue weighted by Crippen LogP contribution is 2.80. The Balaban J connectivity index is 1.84. The van der Waals surface area contributed by atoms with Crippen molar-refractivity contribution in [3.8, 4) is 17.2 Å². The Labute approximate surface area is 175 Å². The van der Waals surface area contributed by atoms with Crippen LogP contribution < -0.4 is 14.2 Å². The summed E-state index contributed by atoms with van der Waals surface area (Å²) >= 11 is 7.63. The van der Waals surface area contributed by atoms with Gasteiger partial charge < -0.3 is 14.2 Å². The Bertz CT molecular complexity index is 924. The summed E-state index contributed by atoms with van der Waals surface area (Å²) in [5.41, 5.74) is 2.30. The molecule has 2 atom stereocenters. The number of hydrogen-bond acceptors (Lipinski definition) is 4. The number of alkyl halides is 2. The fourth-order valence-electron chi connectivity index (χ4n) is 4.51. The van der Waals surface area contributed by atoms with Crippen molar-refractivity contribution < 1.29 is 19.0 Å². The maximum Gasteiger partial charge on any atom is 0.203 e. The van der Waals surface area contributed by atoms with E-state index in [1.807, 2.05) is 36.4 Å². The van der Waals surface area contributed by atoms with E-state index < -0.39 is 8.65 Å². The van der Waals surface area contributed by atoms with Crippen molar-refractivity contribution in [1.29, 1.82) is 0 Å². The van der Waals surface area contributed by atoms with E-state index in [9.17, 15) is 4.79 Å². The van der Waals surface area contributed by atoms with Crippen molar-refractivity contribution in [2.45, 2.75) is 22.0 Å². The number of aryl methyl sites for hydroxylation is 1. The van der Waals surface area contributed by atoms with Gasteiger partial charge in [-0.05, 0) is 24.5 Å². The van der Waals surface area contributed by atoms with Crippen LogP contribution in [0.5, 0.6) is 17.2 Å². The summed E-state index contributed by atoms with van der Waals surface area (Å²) in [6.45, 7) is 0. The Morgan fingerprint density at radius 1 is 0.963 bits per heavy atom. The number of fused-ring (bicyclic) bond motifs is 1. The van der Waals surface area contributed by atoms with Crippen LogP contribution in [-0.4, -0.2) is 30.3 Å². The molecule has 6 heteroatoms. The van der Waals surface area contributed by atoms with E-state index in [4.69, 9.17) is 14.2 Å². The molecule has 0 N–H and O–H groups in total. The number of ether oxygens (including phenoxy) is 3. The number of Topliss-reactive ketones (excluding diaryl/α,β-unsaturated/α-hetero) is 1. The third-order valence-corrected chi connectivity index (χ3v) is 8.20. The minimum Gasteiger partial charge on any atom is -0.493 e. The van der Waals surface area contributed by atoms with Crippen LogP contribution in [-0.2, 0) is 6.42 Å². The Hall–Kier alpha value is -1.53. The zero-order chi connectivity index (χ0) is 19.4. The number of hydrogen-bond donors (Lipinski definition) is 0. The molecule has 4 rings (SSSR count). The van der Waals surface area contributed by atoms with E-state index in [-0.39, 0.29) is 11.7 Å². The molecule has 142 valence electrons. The van der Waals surface area contributed by atoms with Crippen molar-refractivity contribution >= 4 is 37.6 Å². The fraction of sp³-hybridized carbons (Fsp3) is 0.381. The molecule has 1 spiro atoms. The van der Waals surface area contributed by atoms with Crippen molar-refractivity contribution in [3.05, 3.63) is 53.1 Å². The molecular weight excluding hydrogens is 476 g/mol. The maximum absolute atomic E-state index is 13.5. The van der Waals surface area contributed by atoms with Gasteiger partial charge in [-0.1, -0.05) is 62.2 Å². The smallest absolute Gasteiger partial charge is 0.203 e. The van der Waals surface area contributed by atoms with Crippen LogP contribution in [0.3, 0.4) is 0 Å². The fourth-order valence-corrected chi connectivity index (χ4v) is 6.77. The Morgan fingerprint density at radius 3 is 2.33 bits per heavy atom. The van der Waals surface area contributed by atoms with Gasteiger partial charge in [0, 0.05) is 17.0 Å². The lowest BCUT2D eigenvalue weighted by molar-refractivity contribution is 0.0874. The number of rotatable bonds is 4. The van der Waals surface area contributed by atoms with Gasteiger partial charge in [0.15, 0.2) is 17.3 Å². The van der Waals surface area contributed by atoms with E-state index in [0.29, 0.717) is 17.2 Å². The molecule has 0 bridgehead atoms. The monoisotopic (exact) mass is 494 g/mol. The summed E-state index contributed by atoms with van der Waals surface area (Å²) in [6, 6.07) is 11.7. The van der Waals surface area contributed by atoms with Gasteiger partial charge in [-0.15, -0.1) is 0 Å². The maximum atomic E-state index is 13.5. The third-order valence-electron chi connectivity index (χ3n) is 5.87. The molecule has 2 aliphatic rings. The average molecular weight is 496 g/mol. The number of carbonyl (C=O) groups excluding carboxylic acids is 1. The predicted molar refractivity (Wildman–Crippen MR) is 111 cm³/mol. The van der Waals surface area contributed by atoms with Crippen LogP contribution in [0.2, 0.25) is 0 Å². The zero-order valence-corrected chi connectivity index (χ0v) is 18.5. The van der Waals surface area contributed by atoms with Gasteiger partial charge in [0.1, 0.15) is 3.23 Å². The molecule has 4 nitrogen and oxygen atoms in total. The molecular formula is C21H20Br2O4. The zero-order valence-electron chi connectivity index (χ0n) is 15.3. The molecule has 2 aromatic carbocycles. The van der Waals surface area contributed by atoms with Gasteiger partial charge in [-0.25, -0.2) is 0 Å². The summed E-state index contributed by atoms with van der Waals surface area (Å²) in [5, 5.41) is 0. The highest BCUT2D eigenvalue weighted by atomic mass is 79.9. The minimum absolute atomic E-state index is 0.0828. The quantitative estimate of drug-likeness (QED) is 0.553. The Morgan fingerprint density at radius 2 is 1.67 bits per heavy atom. The van der Waals surface area contributed by atoms with Crippen LogP contribution in [0.4, 0.5) is 0 Å². The number of halogens is 2. The summed E-state index contributed by atoms with van der Waals surface area (Å²) in [4.78, 5) is 13.5. The standard InChI is InChI=1S/C21H20Br2O4/c1-25-15-9-8-14(16(26-2)17(15)27-3)18-20(21(18,22)23)11-10-12-6-4-5-7-13(12)19(20)24/h4-9,18H,10-11H2,1-3H3/t18-,20+/m1/s1. The normalized spacial score (nSPS) is 25.1. The van der Waals surface area contributed by atoms with E-state index in [1.54, 1.807) is 21.3 Å². The molecule has 27 heavy (non-hydrogen) atoms. The largest absolute Gasteiger partial charge is 0.493 e. The average Bonchev–Trinajstić information content (AvgIpc) is 3.18. The third kappa shape index (κ3) is 2.42. The van der Waals surface area contributed by atoms with E-state index >= 15 is 0 Å². The molecule has 0 saturated heterocycles. The predicted octanol–water partition coefficient (Wildman–Crippen LogP) is 5.11. The summed E-state index contributed by atoms with van der Waals surface area (Å²) in [5.74, 6) is 1.83. The molecule has 1 fully saturated rings. The summed E-state index contributed by atoms with van der Waals surface area (Å²) in [6.07, 6.45) is 1.63. The van der Waals surface area contributed by atoms with E-state index in [0.717, 1.165) is 29.5 Å². The van der Waals surface area contributed by atoms with Gasteiger partial charge in [0.2, 0.25) is 5.75 Å². The minimum atomic E-state index is -0.561. The van der Waals surface area contributed by atoms with Crippen LogP contribution in [0.15, 0.2) is 36.4 Å². The lowest BCUT2D eigenvalue weighted by Gasteiger charge is -2.25. The molecule has 0 unspecified atom stereocenters. The molecule has 1 saturated carbocycles. The number of ketones is 1. The number of benzene rings is 2. The van der Waals surface area contributed by atoms with Crippen molar-refractivity contribution in [1.82, 2.24) is 0 Å². The molecule has 0 heterocycles. The first-order valence-corrected chi connectivity index (χ1v) is 10.3. The van der Waals surface area contributed by atoms with E-state index in [1.165, 1.54) is 0 Å². The van der Waals surface area contributed by atoms with Crippen LogP contribution in [0, 0.1) is 5.41 Å². The number of carbonyl (C=O) groups is 1. The SMILES string of the molecule is COc1ccc([C@H]2C(Br)(Br)[C@@]23CCc2ccccc2C3=O)c(OC)c1OC. The van der Waals surface area contributed by atoms with Crippen molar-refractivity contribution in [2.24, 2.45) is 5.41 Å². The molecule has 2 aromatic rings. The molecule has 0 radical (unpaired) electrons. The summed E-state index contributed by atoms with van der Waals surface area (Å²) < 4.78 is 16.1. The molecule has 0 aromatic heterocycles. The van der Waals surface area contributed by atoms with Crippen LogP contribution >= 0.6 is 31.9 Å². The van der Waals surface area contributed by atoms with Gasteiger partial charge >= 0.3 is 0 Å². The number of methoxy groups -OCH3 is 3. The molecule has 0 amide bonds.